The topological polar surface area (TPSA) is 108 Å². The summed E-state index contributed by atoms with van der Waals surface area (Å²) < 4.78 is 3.92. The number of anilines is 1. The maximum atomic E-state index is 11.4. The zero-order valence-corrected chi connectivity index (χ0v) is 15.2. The van der Waals surface area contributed by atoms with Gasteiger partial charge in [-0.15, -0.1) is 10.2 Å². The van der Waals surface area contributed by atoms with E-state index >= 15 is 0 Å². The Kier molecular flexibility index (Phi) is 4.57. The number of aromatic nitrogens is 6. The summed E-state index contributed by atoms with van der Waals surface area (Å²) in [6.45, 7) is 2.31. The first kappa shape index (κ1) is 17.2. The highest BCUT2D eigenvalue weighted by atomic mass is 16.1. The van der Waals surface area contributed by atoms with Crippen molar-refractivity contribution in [2.45, 2.75) is 25.3 Å². The molecule has 0 spiro atoms. The van der Waals surface area contributed by atoms with Gasteiger partial charge in [0, 0.05) is 50.2 Å². The van der Waals surface area contributed by atoms with Crippen LogP contribution in [0.15, 0.2) is 36.8 Å². The van der Waals surface area contributed by atoms with E-state index in [2.05, 4.69) is 29.7 Å². The van der Waals surface area contributed by atoms with E-state index < -0.39 is 5.91 Å². The van der Waals surface area contributed by atoms with Gasteiger partial charge >= 0.3 is 0 Å². The Hall–Kier alpha value is -3.23. The Bertz CT molecular complexity index is 925. The predicted molar refractivity (Wildman–Crippen MR) is 99.3 cm³/mol. The van der Waals surface area contributed by atoms with Gasteiger partial charge in [-0.3, -0.25) is 9.48 Å². The largest absolute Gasteiger partial charge is 0.366 e. The van der Waals surface area contributed by atoms with Gasteiger partial charge in [-0.05, 0) is 31.0 Å². The van der Waals surface area contributed by atoms with Gasteiger partial charge in [-0.1, -0.05) is 0 Å². The molecule has 1 aliphatic heterocycles. The summed E-state index contributed by atoms with van der Waals surface area (Å²) in [5.41, 5.74) is 5.85. The highest BCUT2D eigenvalue weighted by Crippen LogP contribution is 2.29. The van der Waals surface area contributed by atoms with E-state index in [9.17, 15) is 4.79 Å². The lowest BCUT2D eigenvalue weighted by atomic mass is 9.96. The Morgan fingerprint density at radius 3 is 2.78 bits per heavy atom. The molecule has 9 nitrogen and oxygen atoms in total. The lowest BCUT2D eigenvalue weighted by Crippen LogP contribution is -2.34. The number of hydrogen-bond acceptors (Lipinski definition) is 6. The number of nitrogens with zero attached hydrogens (tertiary/aromatic N) is 7. The fraction of sp³-hybridized carbons (Fsp3) is 0.389. The van der Waals surface area contributed by atoms with Gasteiger partial charge < -0.3 is 15.2 Å². The molecule has 27 heavy (non-hydrogen) atoms. The second-order valence-corrected chi connectivity index (χ2v) is 6.77. The molecule has 3 aromatic heterocycles. The van der Waals surface area contributed by atoms with Crippen molar-refractivity contribution in [2.24, 2.45) is 12.8 Å². The second kappa shape index (κ2) is 7.18. The van der Waals surface area contributed by atoms with Crippen LogP contribution in [0.2, 0.25) is 0 Å². The fourth-order valence-electron chi connectivity index (χ4n) is 3.52. The summed E-state index contributed by atoms with van der Waals surface area (Å²) >= 11 is 0. The quantitative estimate of drug-likeness (QED) is 0.720. The maximum absolute atomic E-state index is 11.4. The molecule has 1 saturated heterocycles. The second-order valence-electron chi connectivity index (χ2n) is 6.77. The summed E-state index contributed by atoms with van der Waals surface area (Å²) in [4.78, 5) is 17.9. The van der Waals surface area contributed by atoms with Crippen LogP contribution in [-0.4, -0.2) is 48.5 Å². The molecule has 2 N–H and O–H groups in total. The summed E-state index contributed by atoms with van der Waals surface area (Å²) in [5.74, 6) is 2.62. The third kappa shape index (κ3) is 3.53. The summed E-state index contributed by atoms with van der Waals surface area (Å²) in [5, 5.41) is 13.0. The highest BCUT2D eigenvalue weighted by Gasteiger charge is 2.26. The van der Waals surface area contributed by atoms with Crippen molar-refractivity contribution < 1.29 is 4.79 Å². The Morgan fingerprint density at radius 2 is 2.07 bits per heavy atom. The molecule has 0 aromatic carbocycles. The molecular weight excluding hydrogens is 344 g/mol. The van der Waals surface area contributed by atoms with E-state index in [-0.39, 0.29) is 0 Å². The van der Waals surface area contributed by atoms with Gasteiger partial charge in [-0.2, -0.15) is 5.10 Å². The normalized spacial score (nSPS) is 15.2. The first-order valence-electron chi connectivity index (χ1n) is 8.98. The predicted octanol–water partition coefficient (Wildman–Crippen LogP) is 0.938. The Balaban J connectivity index is 1.43. The number of carbonyl (C=O) groups is 1. The number of piperidine rings is 1. The van der Waals surface area contributed by atoms with Crippen LogP contribution in [0.25, 0.3) is 0 Å². The third-order valence-corrected chi connectivity index (χ3v) is 5.08. The zero-order chi connectivity index (χ0) is 18.8. The van der Waals surface area contributed by atoms with Crippen LogP contribution in [0.3, 0.4) is 0 Å². The standard InChI is InChI=1S/C18H22N8O/c1-24-16(12-26-8-2-6-21-26)22-23-18(24)13-4-9-25(10-5-13)15-11-14(17(19)27)3-7-20-15/h2-3,6-8,11,13H,4-5,9-10,12H2,1H3,(H2,19,27). The molecule has 0 aliphatic carbocycles. The number of hydrogen-bond donors (Lipinski definition) is 1. The molecule has 140 valence electrons. The first-order chi connectivity index (χ1) is 13.1. The lowest BCUT2D eigenvalue weighted by molar-refractivity contribution is 0.1000. The van der Waals surface area contributed by atoms with Crippen molar-refractivity contribution in [2.75, 3.05) is 18.0 Å². The zero-order valence-electron chi connectivity index (χ0n) is 15.2. The number of nitrogens with two attached hydrogens (primary N) is 1. The van der Waals surface area contributed by atoms with Crippen LogP contribution < -0.4 is 10.6 Å². The van der Waals surface area contributed by atoms with Crippen molar-refractivity contribution in [1.82, 2.24) is 29.5 Å². The smallest absolute Gasteiger partial charge is 0.248 e. The van der Waals surface area contributed by atoms with E-state index in [0.29, 0.717) is 18.0 Å². The highest BCUT2D eigenvalue weighted by molar-refractivity contribution is 5.93. The molecule has 1 amide bonds. The first-order valence-corrected chi connectivity index (χ1v) is 8.98. The third-order valence-electron chi connectivity index (χ3n) is 5.08. The van der Waals surface area contributed by atoms with Crippen LogP contribution in [0.5, 0.6) is 0 Å². The molecule has 3 aromatic rings. The number of primary amides is 1. The maximum Gasteiger partial charge on any atom is 0.248 e. The van der Waals surface area contributed by atoms with Gasteiger partial charge in [0.05, 0.1) is 0 Å². The summed E-state index contributed by atoms with van der Waals surface area (Å²) in [7, 11) is 2.01. The molecular formula is C18H22N8O. The number of pyridine rings is 1. The van der Waals surface area contributed by atoms with Gasteiger partial charge in [0.25, 0.3) is 0 Å². The fourth-order valence-corrected chi connectivity index (χ4v) is 3.52. The monoisotopic (exact) mass is 366 g/mol. The Morgan fingerprint density at radius 1 is 1.26 bits per heavy atom. The minimum atomic E-state index is -0.433. The van der Waals surface area contributed by atoms with Crippen LogP contribution in [-0.2, 0) is 13.6 Å². The molecule has 9 heteroatoms. The lowest BCUT2D eigenvalue weighted by Gasteiger charge is -2.32. The number of amides is 1. The van der Waals surface area contributed by atoms with Crippen LogP contribution in [0.1, 0.15) is 40.8 Å². The van der Waals surface area contributed by atoms with E-state index in [4.69, 9.17) is 5.73 Å². The SMILES string of the molecule is Cn1c(Cn2cccn2)nnc1C1CCN(c2cc(C(N)=O)ccn2)CC1. The van der Waals surface area contributed by atoms with E-state index in [1.807, 2.05) is 24.0 Å². The number of carbonyl (C=O) groups excluding carboxylic acids is 1. The van der Waals surface area contributed by atoms with E-state index in [1.54, 1.807) is 24.5 Å². The average molecular weight is 366 g/mol. The Labute approximate surface area is 156 Å². The van der Waals surface area contributed by atoms with Crippen molar-refractivity contribution in [1.29, 1.82) is 0 Å². The molecule has 4 heterocycles. The molecule has 4 rings (SSSR count). The van der Waals surface area contributed by atoms with Crippen molar-refractivity contribution in [3.8, 4) is 0 Å². The molecule has 0 atom stereocenters. The minimum Gasteiger partial charge on any atom is -0.366 e. The molecule has 1 fully saturated rings. The minimum absolute atomic E-state index is 0.351. The van der Waals surface area contributed by atoms with Crippen LogP contribution >= 0.6 is 0 Å². The average Bonchev–Trinajstić information content (AvgIpc) is 3.33. The van der Waals surface area contributed by atoms with Crippen molar-refractivity contribution >= 4 is 11.7 Å². The van der Waals surface area contributed by atoms with Gasteiger partial charge in [-0.25, -0.2) is 4.98 Å². The number of rotatable bonds is 5. The van der Waals surface area contributed by atoms with Crippen LogP contribution in [0, 0.1) is 0 Å². The van der Waals surface area contributed by atoms with E-state index in [1.165, 1.54) is 0 Å². The van der Waals surface area contributed by atoms with Crippen molar-refractivity contribution in [3.05, 3.63) is 54.0 Å². The molecule has 0 unspecified atom stereocenters. The summed E-state index contributed by atoms with van der Waals surface area (Å²) in [6.07, 6.45) is 7.21. The van der Waals surface area contributed by atoms with Gasteiger partial charge in [0.15, 0.2) is 5.82 Å². The molecule has 0 radical (unpaired) electrons. The van der Waals surface area contributed by atoms with E-state index in [0.717, 1.165) is 43.4 Å². The molecule has 1 aliphatic rings. The molecule has 0 bridgehead atoms. The summed E-state index contributed by atoms with van der Waals surface area (Å²) in [6, 6.07) is 5.29. The van der Waals surface area contributed by atoms with Crippen molar-refractivity contribution in [3.63, 3.8) is 0 Å². The van der Waals surface area contributed by atoms with Gasteiger partial charge in [0.2, 0.25) is 5.91 Å². The molecule has 0 saturated carbocycles. The van der Waals surface area contributed by atoms with Gasteiger partial charge in [0.1, 0.15) is 18.2 Å². The van der Waals surface area contributed by atoms with Crippen LogP contribution in [0.4, 0.5) is 5.82 Å².